The number of rotatable bonds is 4. The number of ether oxygens (including phenoxy) is 1. The zero-order valence-electron chi connectivity index (χ0n) is 12.4. The summed E-state index contributed by atoms with van der Waals surface area (Å²) in [5.41, 5.74) is 5.94. The second kappa shape index (κ2) is 6.29. The quantitative estimate of drug-likeness (QED) is 0.903. The van der Waals surface area contributed by atoms with Crippen LogP contribution >= 0.6 is 11.6 Å². The van der Waals surface area contributed by atoms with Gasteiger partial charge in [-0.15, -0.1) is 0 Å². The average Bonchev–Trinajstić information content (AvgIpc) is 2.43. The summed E-state index contributed by atoms with van der Waals surface area (Å²) < 4.78 is 5.32. The zero-order valence-corrected chi connectivity index (χ0v) is 13.1. The van der Waals surface area contributed by atoms with Crippen LogP contribution in [-0.4, -0.2) is 14.2 Å². The van der Waals surface area contributed by atoms with Gasteiger partial charge in [0.25, 0.3) is 0 Å². The summed E-state index contributed by atoms with van der Waals surface area (Å²) in [6, 6.07) is 10.4. The number of hydrogen-bond donors (Lipinski definition) is 1. The molecule has 0 bridgehead atoms. The van der Waals surface area contributed by atoms with E-state index in [0.29, 0.717) is 0 Å². The van der Waals surface area contributed by atoms with Crippen LogP contribution in [0.4, 0.5) is 0 Å². The fourth-order valence-corrected chi connectivity index (χ4v) is 2.59. The Morgan fingerprint density at radius 3 is 2.45 bits per heavy atom. The minimum Gasteiger partial charge on any atom is -0.497 e. The van der Waals surface area contributed by atoms with E-state index < -0.39 is 0 Å². The summed E-state index contributed by atoms with van der Waals surface area (Å²) in [4.78, 5) is 0. The lowest BCUT2D eigenvalue weighted by Gasteiger charge is -2.15. The predicted molar refractivity (Wildman–Crippen MR) is 85.7 cm³/mol. The van der Waals surface area contributed by atoms with Crippen molar-refractivity contribution in [2.45, 2.75) is 20.4 Å². The van der Waals surface area contributed by atoms with E-state index in [4.69, 9.17) is 16.3 Å². The summed E-state index contributed by atoms with van der Waals surface area (Å²) in [5.74, 6) is 0.877. The van der Waals surface area contributed by atoms with Gasteiger partial charge in [0.15, 0.2) is 0 Å². The van der Waals surface area contributed by atoms with Gasteiger partial charge in [0.2, 0.25) is 0 Å². The van der Waals surface area contributed by atoms with Crippen LogP contribution in [0.1, 0.15) is 16.7 Å². The summed E-state index contributed by atoms with van der Waals surface area (Å²) in [7, 11) is 3.64. The molecule has 0 unspecified atom stereocenters. The Morgan fingerprint density at radius 2 is 1.80 bits per heavy atom. The molecule has 0 heterocycles. The average molecular weight is 290 g/mol. The lowest BCUT2D eigenvalue weighted by molar-refractivity contribution is 0.414. The van der Waals surface area contributed by atoms with Crippen molar-refractivity contribution in [1.29, 1.82) is 0 Å². The van der Waals surface area contributed by atoms with Gasteiger partial charge in [-0.05, 0) is 73.0 Å². The molecule has 20 heavy (non-hydrogen) atoms. The van der Waals surface area contributed by atoms with Crippen molar-refractivity contribution in [3.05, 3.63) is 52.0 Å². The standard InChI is InChI=1S/C17H20ClNO/c1-11-8-17(18)12(2)7-16(11)15-6-5-14(20-4)9-13(15)10-19-3/h5-9,19H,10H2,1-4H3. The maximum absolute atomic E-state index is 6.19. The number of halogens is 1. The van der Waals surface area contributed by atoms with Crippen LogP contribution in [0.25, 0.3) is 11.1 Å². The molecule has 0 radical (unpaired) electrons. The molecule has 2 nitrogen and oxygen atoms in total. The molecule has 3 heteroatoms. The van der Waals surface area contributed by atoms with E-state index in [1.54, 1.807) is 7.11 Å². The highest BCUT2D eigenvalue weighted by Gasteiger charge is 2.10. The van der Waals surface area contributed by atoms with Crippen molar-refractivity contribution in [2.75, 3.05) is 14.2 Å². The summed E-state index contributed by atoms with van der Waals surface area (Å²) in [6.07, 6.45) is 0. The molecule has 0 aliphatic rings. The fraction of sp³-hybridized carbons (Fsp3) is 0.294. The van der Waals surface area contributed by atoms with Crippen molar-refractivity contribution < 1.29 is 4.74 Å². The minimum absolute atomic E-state index is 0.799. The molecule has 2 aromatic rings. The Kier molecular flexibility index (Phi) is 4.69. The molecule has 2 rings (SSSR count). The van der Waals surface area contributed by atoms with Crippen LogP contribution in [0.2, 0.25) is 5.02 Å². The number of methoxy groups -OCH3 is 1. The van der Waals surface area contributed by atoms with Crippen LogP contribution in [0.3, 0.4) is 0 Å². The van der Waals surface area contributed by atoms with Crippen LogP contribution in [0, 0.1) is 13.8 Å². The third kappa shape index (κ3) is 2.97. The highest BCUT2D eigenvalue weighted by molar-refractivity contribution is 6.31. The van der Waals surface area contributed by atoms with Crippen molar-refractivity contribution in [3.8, 4) is 16.9 Å². The summed E-state index contributed by atoms with van der Waals surface area (Å²) in [5, 5.41) is 4.02. The first-order valence-corrected chi connectivity index (χ1v) is 7.03. The third-order valence-corrected chi connectivity index (χ3v) is 3.88. The lowest BCUT2D eigenvalue weighted by atomic mass is 9.94. The van der Waals surface area contributed by atoms with Gasteiger partial charge in [0, 0.05) is 11.6 Å². The van der Waals surface area contributed by atoms with Gasteiger partial charge in [-0.2, -0.15) is 0 Å². The molecule has 0 aromatic heterocycles. The van der Waals surface area contributed by atoms with Gasteiger partial charge >= 0.3 is 0 Å². The molecule has 0 amide bonds. The topological polar surface area (TPSA) is 21.3 Å². The maximum Gasteiger partial charge on any atom is 0.119 e. The predicted octanol–water partition coefficient (Wildman–Crippen LogP) is 4.35. The van der Waals surface area contributed by atoms with Gasteiger partial charge in [0.05, 0.1) is 7.11 Å². The molecule has 106 valence electrons. The molecule has 0 aliphatic heterocycles. The van der Waals surface area contributed by atoms with Crippen molar-refractivity contribution in [3.63, 3.8) is 0 Å². The van der Waals surface area contributed by atoms with E-state index in [-0.39, 0.29) is 0 Å². The number of aryl methyl sites for hydroxylation is 2. The second-order valence-corrected chi connectivity index (χ2v) is 5.38. The van der Waals surface area contributed by atoms with Gasteiger partial charge in [-0.3, -0.25) is 0 Å². The largest absolute Gasteiger partial charge is 0.497 e. The Hall–Kier alpha value is -1.51. The van der Waals surface area contributed by atoms with Crippen LogP contribution in [0.15, 0.2) is 30.3 Å². The Labute approximate surface area is 125 Å². The molecule has 0 aliphatic carbocycles. The molecule has 1 N–H and O–H groups in total. The monoisotopic (exact) mass is 289 g/mol. The summed E-state index contributed by atoms with van der Waals surface area (Å²) >= 11 is 6.19. The summed E-state index contributed by atoms with van der Waals surface area (Å²) in [6.45, 7) is 4.92. The van der Waals surface area contributed by atoms with E-state index in [0.717, 1.165) is 22.9 Å². The van der Waals surface area contributed by atoms with E-state index in [9.17, 15) is 0 Å². The fourth-order valence-electron chi connectivity index (χ4n) is 2.37. The Bertz CT molecular complexity index is 623. The first-order chi connectivity index (χ1) is 9.56. The molecule has 0 spiro atoms. The molecule has 2 aromatic carbocycles. The first kappa shape index (κ1) is 14.9. The minimum atomic E-state index is 0.799. The third-order valence-electron chi connectivity index (χ3n) is 3.48. The first-order valence-electron chi connectivity index (χ1n) is 6.65. The molecular weight excluding hydrogens is 270 g/mol. The lowest BCUT2D eigenvalue weighted by Crippen LogP contribution is -2.07. The molecule has 0 fully saturated rings. The highest BCUT2D eigenvalue weighted by Crippen LogP contribution is 2.32. The van der Waals surface area contributed by atoms with E-state index in [1.165, 1.54) is 22.3 Å². The van der Waals surface area contributed by atoms with Gasteiger partial charge < -0.3 is 10.1 Å². The van der Waals surface area contributed by atoms with Crippen molar-refractivity contribution in [2.24, 2.45) is 0 Å². The highest BCUT2D eigenvalue weighted by atomic mass is 35.5. The molecule has 0 saturated heterocycles. The molecule has 0 saturated carbocycles. The van der Waals surface area contributed by atoms with Crippen LogP contribution in [-0.2, 0) is 6.54 Å². The van der Waals surface area contributed by atoms with Gasteiger partial charge in [0.1, 0.15) is 5.75 Å². The Balaban J connectivity index is 2.59. The number of benzene rings is 2. The van der Waals surface area contributed by atoms with Crippen LogP contribution in [0.5, 0.6) is 5.75 Å². The second-order valence-electron chi connectivity index (χ2n) is 4.97. The zero-order chi connectivity index (χ0) is 14.7. The van der Waals surface area contributed by atoms with Gasteiger partial charge in [-0.1, -0.05) is 17.7 Å². The SMILES string of the molecule is CNCc1cc(OC)ccc1-c1cc(C)c(Cl)cc1C. The Morgan fingerprint density at radius 1 is 1.05 bits per heavy atom. The number of hydrogen-bond acceptors (Lipinski definition) is 2. The normalized spacial score (nSPS) is 10.7. The van der Waals surface area contributed by atoms with Crippen LogP contribution < -0.4 is 10.1 Å². The molecule has 0 atom stereocenters. The van der Waals surface area contributed by atoms with E-state index in [1.807, 2.05) is 26.1 Å². The van der Waals surface area contributed by atoms with Crippen molar-refractivity contribution >= 4 is 11.6 Å². The smallest absolute Gasteiger partial charge is 0.119 e. The van der Waals surface area contributed by atoms with E-state index in [2.05, 4.69) is 30.4 Å². The molecular formula is C17H20ClNO. The van der Waals surface area contributed by atoms with E-state index >= 15 is 0 Å². The maximum atomic E-state index is 6.19. The number of nitrogens with one attached hydrogen (secondary N) is 1. The van der Waals surface area contributed by atoms with Crippen molar-refractivity contribution in [1.82, 2.24) is 5.32 Å². The van der Waals surface area contributed by atoms with Gasteiger partial charge in [-0.25, -0.2) is 0 Å².